The first-order valence-corrected chi connectivity index (χ1v) is 9.41. The summed E-state index contributed by atoms with van der Waals surface area (Å²) in [5, 5.41) is 20.5. The summed E-state index contributed by atoms with van der Waals surface area (Å²) in [5.41, 5.74) is 3.98. The summed E-state index contributed by atoms with van der Waals surface area (Å²) >= 11 is 6.19. The van der Waals surface area contributed by atoms with E-state index in [-0.39, 0.29) is 6.54 Å². The van der Waals surface area contributed by atoms with Gasteiger partial charge in [0.05, 0.1) is 6.61 Å². The van der Waals surface area contributed by atoms with E-state index in [2.05, 4.69) is 6.07 Å². The minimum Gasteiger partial charge on any atom is -0.494 e. The molecule has 1 heterocycles. The topological polar surface area (TPSA) is 75.2 Å². The fraction of sp³-hybridized carbons (Fsp3) is 0.273. The van der Waals surface area contributed by atoms with Crippen molar-refractivity contribution in [2.24, 2.45) is 0 Å². The lowest BCUT2D eigenvalue weighted by Gasteiger charge is -2.10. The summed E-state index contributed by atoms with van der Waals surface area (Å²) in [7, 11) is 0. The van der Waals surface area contributed by atoms with Gasteiger partial charge < -0.3 is 14.4 Å². The van der Waals surface area contributed by atoms with Crippen LogP contribution in [0.3, 0.4) is 0 Å². The lowest BCUT2D eigenvalue weighted by Crippen LogP contribution is -2.10. The summed E-state index contributed by atoms with van der Waals surface area (Å²) in [6, 6.07) is 13.5. The van der Waals surface area contributed by atoms with Gasteiger partial charge in [0, 0.05) is 15.9 Å². The van der Waals surface area contributed by atoms with Crippen molar-refractivity contribution < 1.29 is 14.6 Å². The fourth-order valence-electron chi connectivity index (χ4n) is 3.48. The van der Waals surface area contributed by atoms with E-state index in [1.165, 1.54) is 0 Å². The molecule has 0 spiro atoms. The Morgan fingerprint density at radius 2 is 1.93 bits per heavy atom. The molecule has 28 heavy (non-hydrogen) atoms. The molecular weight excluding hydrogens is 376 g/mol. The molecule has 0 saturated heterocycles. The first kappa shape index (κ1) is 19.8. The Kier molecular flexibility index (Phi) is 5.91. The van der Waals surface area contributed by atoms with E-state index in [0.717, 1.165) is 38.4 Å². The molecule has 0 aliphatic rings. The number of nitriles is 1. The zero-order chi connectivity index (χ0) is 20.3. The van der Waals surface area contributed by atoms with Gasteiger partial charge in [0.15, 0.2) is 0 Å². The standard InChI is InChI=1S/C22H21ClN2O3/c1-14-10-16(11-15(2)22(14)23)28-9-5-7-18-17-6-3-4-8-19(17)25(13-21(26)27)20(18)12-24/h3-4,6,8,10-11H,5,7,9,13H2,1-2H3,(H,26,27). The number of halogens is 1. The van der Waals surface area contributed by atoms with Gasteiger partial charge >= 0.3 is 5.97 Å². The predicted octanol–water partition coefficient (Wildman–Crippen LogP) is 4.88. The van der Waals surface area contributed by atoms with Crippen LogP contribution < -0.4 is 4.74 Å². The summed E-state index contributed by atoms with van der Waals surface area (Å²) in [6.45, 7) is 4.14. The molecule has 0 saturated carbocycles. The van der Waals surface area contributed by atoms with Crippen LogP contribution in [0.4, 0.5) is 0 Å². The summed E-state index contributed by atoms with van der Waals surface area (Å²) in [6.07, 6.45) is 1.33. The number of hydrogen-bond donors (Lipinski definition) is 1. The third kappa shape index (κ3) is 3.97. The highest BCUT2D eigenvalue weighted by molar-refractivity contribution is 6.32. The quantitative estimate of drug-likeness (QED) is 0.577. The normalized spacial score (nSPS) is 10.8. The fourth-order valence-corrected chi connectivity index (χ4v) is 3.59. The van der Waals surface area contributed by atoms with E-state index in [4.69, 9.17) is 16.3 Å². The highest BCUT2D eigenvalue weighted by atomic mass is 35.5. The molecule has 144 valence electrons. The maximum Gasteiger partial charge on any atom is 0.323 e. The minimum absolute atomic E-state index is 0.233. The van der Waals surface area contributed by atoms with Crippen LogP contribution in [0.1, 0.15) is 28.8 Å². The van der Waals surface area contributed by atoms with Gasteiger partial charge in [-0.2, -0.15) is 5.26 Å². The van der Waals surface area contributed by atoms with E-state index in [9.17, 15) is 15.2 Å². The smallest absolute Gasteiger partial charge is 0.323 e. The third-order valence-electron chi connectivity index (χ3n) is 4.72. The van der Waals surface area contributed by atoms with Crippen molar-refractivity contribution in [2.75, 3.05) is 6.61 Å². The molecule has 6 heteroatoms. The predicted molar refractivity (Wildman–Crippen MR) is 109 cm³/mol. The van der Waals surface area contributed by atoms with Gasteiger partial charge in [0.2, 0.25) is 0 Å². The first-order chi connectivity index (χ1) is 13.4. The number of aromatic nitrogens is 1. The SMILES string of the molecule is Cc1cc(OCCCc2c(C#N)n(CC(=O)O)c3ccccc23)cc(C)c1Cl. The monoisotopic (exact) mass is 396 g/mol. The number of ether oxygens (including phenoxy) is 1. The maximum atomic E-state index is 11.2. The summed E-state index contributed by atoms with van der Waals surface area (Å²) in [4.78, 5) is 11.2. The van der Waals surface area contributed by atoms with Crippen LogP contribution in [-0.2, 0) is 17.8 Å². The van der Waals surface area contributed by atoms with Crippen LogP contribution >= 0.6 is 11.6 Å². The number of carboxylic acids is 1. The zero-order valence-electron chi connectivity index (χ0n) is 15.8. The molecule has 0 radical (unpaired) electrons. The van der Waals surface area contributed by atoms with E-state index >= 15 is 0 Å². The lowest BCUT2D eigenvalue weighted by molar-refractivity contribution is -0.137. The maximum absolute atomic E-state index is 11.2. The van der Waals surface area contributed by atoms with Crippen molar-refractivity contribution in [3.63, 3.8) is 0 Å². The molecule has 0 amide bonds. The van der Waals surface area contributed by atoms with E-state index in [1.807, 2.05) is 50.2 Å². The van der Waals surface area contributed by atoms with Crippen molar-refractivity contribution in [2.45, 2.75) is 33.2 Å². The van der Waals surface area contributed by atoms with Gasteiger partial charge in [-0.15, -0.1) is 0 Å². The van der Waals surface area contributed by atoms with Crippen molar-refractivity contribution in [3.8, 4) is 11.8 Å². The van der Waals surface area contributed by atoms with Crippen LogP contribution in [0.2, 0.25) is 5.02 Å². The molecule has 2 aromatic carbocycles. The average molecular weight is 397 g/mol. The minimum atomic E-state index is -0.972. The lowest BCUT2D eigenvalue weighted by atomic mass is 10.1. The second kappa shape index (κ2) is 8.37. The Balaban J connectivity index is 1.78. The molecule has 0 fully saturated rings. The van der Waals surface area contributed by atoms with Crippen LogP contribution in [-0.4, -0.2) is 22.2 Å². The van der Waals surface area contributed by atoms with Gasteiger partial charge in [-0.25, -0.2) is 0 Å². The Bertz CT molecular complexity index is 1060. The molecule has 0 aliphatic heterocycles. The molecule has 1 aromatic heterocycles. The van der Waals surface area contributed by atoms with Gasteiger partial charge in [0.1, 0.15) is 24.1 Å². The van der Waals surface area contributed by atoms with Gasteiger partial charge in [0.25, 0.3) is 0 Å². The molecule has 3 rings (SSSR count). The van der Waals surface area contributed by atoms with Crippen LogP contribution in [0.15, 0.2) is 36.4 Å². The summed E-state index contributed by atoms with van der Waals surface area (Å²) < 4.78 is 7.43. The number of fused-ring (bicyclic) bond motifs is 1. The highest BCUT2D eigenvalue weighted by Gasteiger charge is 2.18. The van der Waals surface area contributed by atoms with Crippen LogP contribution in [0, 0.1) is 25.2 Å². The Hall–Kier alpha value is -2.97. The largest absolute Gasteiger partial charge is 0.494 e. The van der Waals surface area contributed by atoms with Crippen molar-refractivity contribution in [3.05, 3.63) is 63.8 Å². The number of carbonyl (C=O) groups is 1. The highest BCUT2D eigenvalue weighted by Crippen LogP contribution is 2.28. The van der Waals surface area contributed by atoms with Gasteiger partial charge in [-0.1, -0.05) is 29.8 Å². The van der Waals surface area contributed by atoms with Crippen LogP contribution in [0.5, 0.6) is 5.75 Å². The van der Waals surface area contributed by atoms with Gasteiger partial charge in [-0.05, 0) is 61.6 Å². The Morgan fingerprint density at radius 3 is 2.57 bits per heavy atom. The molecule has 3 aromatic rings. The van der Waals surface area contributed by atoms with Crippen molar-refractivity contribution in [1.82, 2.24) is 4.57 Å². The van der Waals surface area contributed by atoms with E-state index in [1.54, 1.807) is 4.57 Å². The first-order valence-electron chi connectivity index (χ1n) is 9.04. The second-order valence-electron chi connectivity index (χ2n) is 6.76. The Morgan fingerprint density at radius 1 is 1.25 bits per heavy atom. The number of benzene rings is 2. The molecule has 0 aliphatic carbocycles. The number of carboxylic acid groups (broad SMARTS) is 1. The molecule has 1 N–H and O–H groups in total. The molecule has 5 nitrogen and oxygen atoms in total. The Labute approximate surface area is 168 Å². The summed E-state index contributed by atoms with van der Waals surface area (Å²) in [5.74, 6) is -0.200. The second-order valence-corrected chi connectivity index (χ2v) is 7.14. The van der Waals surface area contributed by atoms with Crippen molar-refractivity contribution >= 4 is 28.5 Å². The molecular formula is C22H21ClN2O3. The number of aryl methyl sites for hydroxylation is 3. The third-order valence-corrected chi connectivity index (χ3v) is 5.32. The molecule has 0 unspecified atom stereocenters. The van der Waals surface area contributed by atoms with Crippen molar-refractivity contribution in [1.29, 1.82) is 5.26 Å². The molecule has 0 bridgehead atoms. The van der Waals surface area contributed by atoms with E-state index in [0.29, 0.717) is 25.1 Å². The average Bonchev–Trinajstić information content (AvgIpc) is 2.95. The molecule has 0 atom stereocenters. The van der Waals surface area contributed by atoms with Gasteiger partial charge in [-0.3, -0.25) is 4.79 Å². The van der Waals surface area contributed by atoms with Crippen LogP contribution in [0.25, 0.3) is 10.9 Å². The zero-order valence-corrected chi connectivity index (χ0v) is 16.6. The number of aliphatic carboxylic acids is 1. The number of nitrogens with zero attached hydrogens (tertiary/aromatic N) is 2. The number of hydrogen-bond acceptors (Lipinski definition) is 3. The number of rotatable bonds is 7. The number of para-hydroxylation sites is 1. The van der Waals surface area contributed by atoms with E-state index < -0.39 is 5.97 Å².